The van der Waals surface area contributed by atoms with Crippen LogP contribution in [0.5, 0.6) is 5.75 Å². The van der Waals surface area contributed by atoms with Gasteiger partial charge in [0.25, 0.3) is 0 Å². The Bertz CT molecular complexity index is 308. The summed E-state index contributed by atoms with van der Waals surface area (Å²) >= 11 is 0. The van der Waals surface area contributed by atoms with Crippen LogP contribution in [-0.2, 0) is 6.42 Å². The monoisotopic (exact) mass is 184 g/mol. The van der Waals surface area contributed by atoms with Crippen molar-refractivity contribution < 1.29 is 14.6 Å². The number of phenols is 1. The Balaban J connectivity index is 3.05. The number of aliphatic hydroxyl groups is 1. The molecule has 0 fully saturated rings. The van der Waals surface area contributed by atoms with Crippen LogP contribution in [0.15, 0.2) is 12.1 Å². The number of rotatable bonds is 2. The van der Waals surface area contributed by atoms with Gasteiger partial charge in [-0.25, -0.2) is 4.39 Å². The van der Waals surface area contributed by atoms with E-state index in [0.29, 0.717) is 5.56 Å². The topological polar surface area (TPSA) is 40.5 Å². The summed E-state index contributed by atoms with van der Waals surface area (Å²) in [6, 6.07) is 2.94. The Morgan fingerprint density at radius 1 is 1.46 bits per heavy atom. The first-order chi connectivity index (χ1) is 6.00. The predicted molar refractivity (Wildman–Crippen MR) is 48.2 cm³/mol. The number of phenolic OH excluding ortho intramolecular Hbond substituents is 1. The highest BCUT2D eigenvalue weighted by Gasteiger charge is 2.09. The fourth-order valence-electron chi connectivity index (χ4n) is 1.28. The smallest absolute Gasteiger partial charge is 0.165 e. The van der Waals surface area contributed by atoms with Gasteiger partial charge in [-0.3, -0.25) is 0 Å². The summed E-state index contributed by atoms with van der Waals surface area (Å²) in [6.07, 6.45) is -0.308. The molecule has 0 amide bonds. The molecule has 1 unspecified atom stereocenters. The molecule has 0 aliphatic heterocycles. The first kappa shape index (κ1) is 9.99. The van der Waals surface area contributed by atoms with Crippen molar-refractivity contribution in [3.63, 3.8) is 0 Å². The molecule has 0 radical (unpaired) electrons. The van der Waals surface area contributed by atoms with Crippen molar-refractivity contribution in [2.75, 3.05) is 0 Å². The molecule has 1 atom stereocenters. The SMILES string of the molecule is Cc1cc(F)c(O)c(CC(C)O)c1. The van der Waals surface area contributed by atoms with Crippen LogP contribution in [0, 0.1) is 12.7 Å². The molecule has 0 saturated heterocycles. The van der Waals surface area contributed by atoms with E-state index >= 15 is 0 Å². The van der Waals surface area contributed by atoms with Gasteiger partial charge in [-0.1, -0.05) is 6.07 Å². The second-order valence-corrected chi connectivity index (χ2v) is 3.31. The number of aliphatic hydroxyl groups excluding tert-OH is 1. The zero-order valence-electron chi connectivity index (χ0n) is 7.71. The normalized spacial score (nSPS) is 12.9. The minimum absolute atomic E-state index is 0.268. The molecular formula is C10H13FO2. The van der Waals surface area contributed by atoms with Crippen LogP contribution in [0.3, 0.4) is 0 Å². The highest BCUT2D eigenvalue weighted by atomic mass is 19.1. The number of aryl methyl sites for hydroxylation is 1. The summed E-state index contributed by atoms with van der Waals surface area (Å²) in [7, 11) is 0. The Labute approximate surface area is 76.6 Å². The zero-order valence-corrected chi connectivity index (χ0v) is 7.71. The molecule has 1 aromatic carbocycles. The maximum absolute atomic E-state index is 13.0. The highest BCUT2D eigenvalue weighted by Crippen LogP contribution is 2.23. The summed E-state index contributed by atoms with van der Waals surface area (Å²) in [6.45, 7) is 3.34. The molecule has 0 aromatic heterocycles. The van der Waals surface area contributed by atoms with Crippen molar-refractivity contribution in [1.82, 2.24) is 0 Å². The van der Waals surface area contributed by atoms with Gasteiger partial charge < -0.3 is 10.2 Å². The summed E-state index contributed by atoms with van der Waals surface area (Å²) in [5, 5.41) is 18.4. The first-order valence-corrected chi connectivity index (χ1v) is 4.16. The second kappa shape index (κ2) is 3.75. The van der Waals surface area contributed by atoms with Gasteiger partial charge in [0, 0.05) is 6.42 Å². The van der Waals surface area contributed by atoms with Gasteiger partial charge in [-0.05, 0) is 31.0 Å². The Hall–Kier alpha value is -1.09. The van der Waals surface area contributed by atoms with E-state index in [2.05, 4.69) is 0 Å². The first-order valence-electron chi connectivity index (χ1n) is 4.16. The third-order valence-corrected chi connectivity index (χ3v) is 1.80. The van der Waals surface area contributed by atoms with Crippen molar-refractivity contribution in [3.8, 4) is 5.75 Å². The summed E-state index contributed by atoms with van der Waals surface area (Å²) in [5.74, 6) is -0.984. The van der Waals surface area contributed by atoms with Crippen LogP contribution in [0.4, 0.5) is 4.39 Å². The van der Waals surface area contributed by atoms with Crippen LogP contribution >= 0.6 is 0 Å². The summed E-state index contributed by atoms with van der Waals surface area (Å²) < 4.78 is 13.0. The molecule has 0 aliphatic carbocycles. The van der Waals surface area contributed by atoms with Gasteiger partial charge in [-0.2, -0.15) is 0 Å². The lowest BCUT2D eigenvalue weighted by molar-refractivity contribution is 0.194. The Kier molecular flexibility index (Phi) is 2.88. The molecule has 0 aliphatic rings. The number of benzene rings is 1. The number of aromatic hydroxyl groups is 1. The van der Waals surface area contributed by atoms with Crippen molar-refractivity contribution in [3.05, 3.63) is 29.1 Å². The van der Waals surface area contributed by atoms with Crippen LogP contribution in [0.2, 0.25) is 0 Å². The third kappa shape index (κ3) is 2.42. The van der Waals surface area contributed by atoms with Crippen molar-refractivity contribution in [2.24, 2.45) is 0 Å². The largest absolute Gasteiger partial charge is 0.505 e. The van der Waals surface area contributed by atoms with Crippen LogP contribution in [-0.4, -0.2) is 16.3 Å². The van der Waals surface area contributed by atoms with Gasteiger partial charge in [0.15, 0.2) is 11.6 Å². The van der Waals surface area contributed by atoms with Crippen LogP contribution in [0.1, 0.15) is 18.1 Å². The molecule has 1 aromatic rings. The Morgan fingerprint density at radius 2 is 2.08 bits per heavy atom. The van der Waals surface area contributed by atoms with E-state index in [1.54, 1.807) is 19.9 Å². The van der Waals surface area contributed by atoms with Crippen LogP contribution in [0.25, 0.3) is 0 Å². The predicted octanol–water partition coefficient (Wildman–Crippen LogP) is 1.76. The second-order valence-electron chi connectivity index (χ2n) is 3.31. The fourth-order valence-corrected chi connectivity index (χ4v) is 1.28. The van der Waals surface area contributed by atoms with E-state index in [1.165, 1.54) is 6.07 Å². The van der Waals surface area contributed by atoms with Gasteiger partial charge in [0.05, 0.1) is 6.10 Å². The van der Waals surface area contributed by atoms with E-state index in [0.717, 1.165) is 5.56 Å². The molecule has 72 valence electrons. The lowest BCUT2D eigenvalue weighted by atomic mass is 10.0. The van der Waals surface area contributed by atoms with Crippen molar-refractivity contribution >= 4 is 0 Å². The molecule has 3 heteroatoms. The van der Waals surface area contributed by atoms with E-state index in [4.69, 9.17) is 5.11 Å². The van der Waals surface area contributed by atoms with Crippen LogP contribution < -0.4 is 0 Å². The molecular weight excluding hydrogens is 171 g/mol. The number of hydrogen-bond donors (Lipinski definition) is 2. The maximum atomic E-state index is 13.0. The third-order valence-electron chi connectivity index (χ3n) is 1.80. The van der Waals surface area contributed by atoms with Gasteiger partial charge in [0.2, 0.25) is 0 Å². The molecule has 0 heterocycles. The molecule has 13 heavy (non-hydrogen) atoms. The van der Waals surface area contributed by atoms with E-state index in [-0.39, 0.29) is 12.2 Å². The minimum Gasteiger partial charge on any atom is -0.505 e. The lowest BCUT2D eigenvalue weighted by Gasteiger charge is -2.08. The minimum atomic E-state index is -0.629. The standard InChI is InChI=1S/C10H13FO2/c1-6-3-8(5-7(2)12)10(13)9(11)4-6/h3-4,7,12-13H,5H2,1-2H3. The zero-order chi connectivity index (χ0) is 10.0. The van der Waals surface area contributed by atoms with Gasteiger partial charge >= 0.3 is 0 Å². The van der Waals surface area contributed by atoms with Crippen molar-refractivity contribution in [2.45, 2.75) is 26.4 Å². The average molecular weight is 184 g/mol. The van der Waals surface area contributed by atoms with E-state index in [1.807, 2.05) is 0 Å². The number of halogens is 1. The quantitative estimate of drug-likeness (QED) is 0.735. The molecule has 1 rings (SSSR count). The molecule has 2 nitrogen and oxygen atoms in total. The molecule has 0 bridgehead atoms. The summed E-state index contributed by atoms with van der Waals surface area (Å²) in [4.78, 5) is 0. The van der Waals surface area contributed by atoms with Crippen molar-refractivity contribution in [1.29, 1.82) is 0 Å². The van der Waals surface area contributed by atoms with E-state index < -0.39 is 11.9 Å². The van der Waals surface area contributed by atoms with Gasteiger partial charge in [0.1, 0.15) is 0 Å². The fraction of sp³-hybridized carbons (Fsp3) is 0.400. The molecule has 2 N–H and O–H groups in total. The Morgan fingerprint density at radius 3 is 2.62 bits per heavy atom. The van der Waals surface area contributed by atoms with Gasteiger partial charge in [-0.15, -0.1) is 0 Å². The average Bonchev–Trinajstić information content (AvgIpc) is 1.98. The molecule has 0 saturated carbocycles. The number of hydrogen-bond acceptors (Lipinski definition) is 2. The molecule has 0 spiro atoms. The summed E-state index contributed by atoms with van der Waals surface area (Å²) in [5.41, 5.74) is 1.19. The maximum Gasteiger partial charge on any atom is 0.165 e. The highest BCUT2D eigenvalue weighted by molar-refractivity contribution is 5.37. The lowest BCUT2D eigenvalue weighted by Crippen LogP contribution is -2.05. The van der Waals surface area contributed by atoms with E-state index in [9.17, 15) is 9.50 Å².